The van der Waals surface area contributed by atoms with Crippen LogP contribution in [0.4, 0.5) is 0 Å². The van der Waals surface area contributed by atoms with E-state index in [9.17, 15) is 9.59 Å². The molecule has 0 spiro atoms. The summed E-state index contributed by atoms with van der Waals surface area (Å²) < 4.78 is 0. The van der Waals surface area contributed by atoms with Crippen LogP contribution in [-0.4, -0.2) is 47.8 Å². The lowest BCUT2D eigenvalue weighted by atomic mass is 10.0. The van der Waals surface area contributed by atoms with Gasteiger partial charge in [-0.25, -0.2) is 0 Å². The highest BCUT2D eigenvalue weighted by molar-refractivity contribution is 5.80. The van der Waals surface area contributed by atoms with Crippen LogP contribution in [0.15, 0.2) is 24.3 Å². The summed E-state index contributed by atoms with van der Waals surface area (Å²) in [6, 6.07) is 7.96. The Balaban J connectivity index is 1.57. The molecule has 130 valence electrons. The summed E-state index contributed by atoms with van der Waals surface area (Å²) in [6.45, 7) is 7.91. The summed E-state index contributed by atoms with van der Waals surface area (Å²) in [5, 5.41) is 0. The molecule has 2 saturated heterocycles. The Morgan fingerprint density at radius 3 is 1.75 bits per heavy atom. The van der Waals surface area contributed by atoms with E-state index in [0.717, 1.165) is 50.1 Å². The van der Waals surface area contributed by atoms with Crippen molar-refractivity contribution in [3.05, 3.63) is 35.4 Å². The fourth-order valence-corrected chi connectivity index (χ4v) is 3.75. The zero-order chi connectivity index (χ0) is 17.1. The van der Waals surface area contributed by atoms with Gasteiger partial charge in [0.2, 0.25) is 11.8 Å². The fourth-order valence-electron chi connectivity index (χ4n) is 3.75. The average molecular weight is 328 g/mol. The van der Waals surface area contributed by atoms with Crippen LogP contribution >= 0.6 is 0 Å². The summed E-state index contributed by atoms with van der Waals surface area (Å²) in [5.41, 5.74) is 2.03. The van der Waals surface area contributed by atoms with Gasteiger partial charge in [0.15, 0.2) is 0 Å². The summed E-state index contributed by atoms with van der Waals surface area (Å²) in [5.74, 6) is 1.63. The van der Waals surface area contributed by atoms with Crippen molar-refractivity contribution >= 4 is 11.8 Å². The van der Waals surface area contributed by atoms with Crippen LogP contribution in [0.2, 0.25) is 0 Å². The Hall–Kier alpha value is -1.84. The first-order valence-corrected chi connectivity index (χ1v) is 9.14. The van der Waals surface area contributed by atoms with Gasteiger partial charge in [-0.3, -0.25) is 9.59 Å². The molecule has 1 aromatic carbocycles. The van der Waals surface area contributed by atoms with Gasteiger partial charge in [-0.1, -0.05) is 38.1 Å². The summed E-state index contributed by atoms with van der Waals surface area (Å²) in [4.78, 5) is 28.7. The van der Waals surface area contributed by atoms with Crippen LogP contribution in [0, 0.1) is 11.8 Å². The number of likely N-dealkylation sites (tertiary alicyclic amines) is 2. The van der Waals surface area contributed by atoms with Gasteiger partial charge in [0.1, 0.15) is 0 Å². The number of carbonyl (C=O) groups is 2. The van der Waals surface area contributed by atoms with E-state index in [4.69, 9.17) is 0 Å². The third kappa shape index (κ3) is 4.16. The molecule has 0 aliphatic carbocycles. The minimum absolute atomic E-state index is 0.205. The largest absolute Gasteiger partial charge is 0.342 e. The molecule has 0 bridgehead atoms. The van der Waals surface area contributed by atoms with Gasteiger partial charge < -0.3 is 9.80 Å². The quantitative estimate of drug-likeness (QED) is 0.852. The van der Waals surface area contributed by atoms with E-state index in [1.165, 1.54) is 0 Å². The van der Waals surface area contributed by atoms with Crippen molar-refractivity contribution in [3.8, 4) is 0 Å². The third-order valence-corrected chi connectivity index (χ3v) is 5.26. The lowest BCUT2D eigenvalue weighted by molar-refractivity contribution is -0.130. The first-order chi connectivity index (χ1) is 11.5. The predicted octanol–water partition coefficient (Wildman–Crippen LogP) is 2.51. The molecule has 1 aromatic rings. The van der Waals surface area contributed by atoms with Gasteiger partial charge in [-0.2, -0.15) is 0 Å². The van der Waals surface area contributed by atoms with Crippen molar-refractivity contribution in [2.45, 2.75) is 39.5 Å². The zero-order valence-corrected chi connectivity index (χ0v) is 14.8. The first kappa shape index (κ1) is 17.0. The molecular weight excluding hydrogens is 300 g/mol. The zero-order valence-electron chi connectivity index (χ0n) is 14.8. The van der Waals surface area contributed by atoms with Crippen molar-refractivity contribution in [2.24, 2.45) is 11.8 Å². The predicted molar refractivity (Wildman–Crippen MR) is 94.6 cm³/mol. The second-order valence-corrected chi connectivity index (χ2v) is 7.64. The number of carbonyl (C=O) groups excluding carboxylic acids is 2. The van der Waals surface area contributed by atoms with Gasteiger partial charge in [-0.15, -0.1) is 0 Å². The molecule has 2 atom stereocenters. The molecule has 4 nitrogen and oxygen atoms in total. The van der Waals surface area contributed by atoms with Gasteiger partial charge in [-0.05, 0) is 35.8 Å². The SMILES string of the molecule is CC1CCN(C(=O)Cc2cccc(CC(=O)N3CCC(C)C3)c2)C1. The number of benzene rings is 1. The van der Waals surface area contributed by atoms with E-state index >= 15 is 0 Å². The Bertz CT molecular complexity index is 564. The minimum Gasteiger partial charge on any atom is -0.342 e. The van der Waals surface area contributed by atoms with Crippen LogP contribution in [0.1, 0.15) is 37.8 Å². The highest BCUT2D eigenvalue weighted by Crippen LogP contribution is 2.18. The highest BCUT2D eigenvalue weighted by Gasteiger charge is 2.24. The van der Waals surface area contributed by atoms with Gasteiger partial charge in [0.05, 0.1) is 12.8 Å². The van der Waals surface area contributed by atoms with Crippen molar-refractivity contribution < 1.29 is 9.59 Å². The molecule has 4 heteroatoms. The minimum atomic E-state index is 0.205. The topological polar surface area (TPSA) is 40.6 Å². The number of hydrogen-bond donors (Lipinski definition) is 0. The maximum Gasteiger partial charge on any atom is 0.226 e. The van der Waals surface area contributed by atoms with Crippen LogP contribution < -0.4 is 0 Å². The van der Waals surface area contributed by atoms with Crippen molar-refractivity contribution in [1.82, 2.24) is 9.80 Å². The summed E-state index contributed by atoms with van der Waals surface area (Å²) in [7, 11) is 0. The third-order valence-electron chi connectivity index (χ3n) is 5.26. The molecular formula is C20H28N2O2. The number of amides is 2. The molecule has 0 aromatic heterocycles. The highest BCUT2D eigenvalue weighted by atomic mass is 16.2. The van der Waals surface area contributed by atoms with E-state index in [1.807, 2.05) is 34.1 Å². The molecule has 2 fully saturated rings. The molecule has 2 unspecified atom stereocenters. The molecule has 3 rings (SSSR count). The lowest BCUT2D eigenvalue weighted by Gasteiger charge is -2.17. The van der Waals surface area contributed by atoms with Crippen LogP contribution in [0.25, 0.3) is 0 Å². The molecule has 0 N–H and O–H groups in total. The van der Waals surface area contributed by atoms with Gasteiger partial charge >= 0.3 is 0 Å². The molecule has 2 aliphatic heterocycles. The second-order valence-electron chi connectivity index (χ2n) is 7.64. The van der Waals surface area contributed by atoms with Gasteiger partial charge in [0.25, 0.3) is 0 Å². The number of hydrogen-bond acceptors (Lipinski definition) is 2. The number of rotatable bonds is 4. The van der Waals surface area contributed by atoms with E-state index < -0.39 is 0 Å². The van der Waals surface area contributed by atoms with E-state index in [-0.39, 0.29) is 11.8 Å². The van der Waals surface area contributed by atoms with Gasteiger partial charge in [0, 0.05) is 26.2 Å². The van der Waals surface area contributed by atoms with Crippen LogP contribution in [-0.2, 0) is 22.4 Å². The lowest BCUT2D eigenvalue weighted by Crippen LogP contribution is -2.30. The normalized spacial score (nSPS) is 23.8. The monoisotopic (exact) mass is 328 g/mol. The standard InChI is InChI=1S/C20H28N2O2/c1-15-6-8-21(13-15)19(23)11-17-4-3-5-18(10-17)12-20(24)22-9-7-16(2)14-22/h3-5,10,15-16H,6-9,11-14H2,1-2H3. The van der Waals surface area contributed by atoms with E-state index in [1.54, 1.807) is 0 Å². The van der Waals surface area contributed by atoms with E-state index in [0.29, 0.717) is 24.7 Å². The van der Waals surface area contributed by atoms with Crippen molar-refractivity contribution in [1.29, 1.82) is 0 Å². The Labute approximate surface area is 144 Å². The molecule has 2 amide bonds. The van der Waals surface area contributed by atoms with Crippen molar-refractivity contribution in [3.63, 3.8) is 0 Å². The fraction of sp³-hybridized carbons (Fsp3) is 0.600. The molecule has 2 heterocycles. The van der Waals surface area contributed by atoms with Crippen LogP contribution in [0.3, 0.4) is 0 Å². The second kappa shape index (κ2) is 7.37. The smallest absolute Gasteiger partial charge is 0.226 e. The maximum absolute atomic E-state index is 12.4. The molecule has 2 aliphatic rings. The Kier molecular flexibility index (Phi) is 5.22. The average Bonchev–Trinajstić information content (AvgIpc) is 3.16. The van der Waals surface area contributed by atoms with Crippen LogP contribution in [0.5, 0.6) is 0 Å². The Morgan fingerprint density at radius 1 is 0.917 bits per heavy atom. The summed E-state index contributed by atoms with van der Waals surface area (Å²) in [6.07, 6.45) is 3.09. The van der Waals surface area contributed by atoms with Crippen molar-refractivity contribution in [2.75, 3.05) is 26.2 Å². The molecule has 0 radical (unpaired) electrons. The van der Waals surface area contributed by atoms with E-state index in [2.05, 4.69) is 13.8 Å². The maximum atomic E-state index is 12.4. The molecule has 0 saturated carbocycles. The first-order valence-electron chi connectivity index (χ1n) is 9.14. The number of nitrogens with zero attached hydrogens (tertiary/aromatic N) is 2. The Morgan fingerprint density at radius 2 is 1.38 bits per heavy atom. The molecule has 24 heavy (non-hydrogen) atoms. The summed E-state index contributed by atoms with van der Waals surface area (Å²) >= 11 is 0.